The summed E-state index contributed by atoms with van der Waals surface area (Å²) >= 11 is 3.57. The molecule has 0 aliphatic carbocycles. The molecule has 0 aromatic carbocycles. The number of aromatic nitrogens is 2. The highest BCUT2D eigenvalue weighted by molar-refractivity contribution is 9.10. The van der Waals surface area contributed by atoms with Gasteiger partial charge in [-0.05, 0) is 48.7 Å². The second-order valence-corrected chi connectivity index (χ2v) is 6.89. The fraction of sp³-hybridized carbons (Fsp3) is 0.733. The molecule has 3 rings (SSSR count). The minimum absolute atomic E-state index is 0.467. The van der Waals surface area contributed by atoms with Crippen LogP contribution in [-0.2, 0) is 11.3 Å². The lowest BCUT2D eigenvalue weighted by molar-refractivity contribution is 0.157. The molecule has 0 saturated carbocycles. The number of hydrogen-bond donors (Lipinski definition) is 1. The van der Waals surface area contributed by atoms with E-state index in [1.165, 1.54) is 25.7 Å². The van der Waals surface area contributed by atoms with E-state index in [0.29, 0.717) is 24.6 Å². The van der Waals surface area contributed by atoms with Gasteiger partial charge in [-0.2, -0.15) is 0 Å². The second-order valence-electron chi connectivity index (χ2n) is 6.09. The number of halogens is 1. The largest absolute Gasteiger partial charge is 0.378 e. The van der Waals surface area contributed by atoms with Crippen LogP contribution in [0.5, 0.6) is 0 Å². The first-order valence-corrected chi connectivity index (χ1v) is 8.38. The Kier molecular flexibility index (Phi) is 4.47. The van der Waals surface area contributed by atoms with Crippen LogP contribution >= 0.6 is 15.9 Å². The molecule has 1 N–H and O–H groups in total. The highest BCUT2D eigenvalue weighted by Crippen LogP contribution is 2.41. The number of ether oxygens (including phenoxy) is 1. The van der Waals surface area contributed by atoms with Crippen molar-refractivity contribution in [3.63, 3.8) is 0 Å². The Bertz CT molecular complexity index is 511. The summed E-state index contributed by atoms with van der Waals surface area (Å²) < 4.78 is 6.17. The van der Waals surface area contributed by atoms with E-state index in [1.807, 2.05) is 7.05 Å². The number of methoxy groups -OCH3 is 1. The SMILES string of the molecule is CNc1nc(C2CC3CCC(C2)N3C)nc(COC)c1Br. The second kappa shape index (κ2) is 6.18. The van der Waals surface area contributed by atoms with Gasteiger partial charge in [0.2, 0.25) is 0 Å². The molecule has 1 aromatic heterocycles. The van der Waals surface area contributed by atoms with Crippen LogP contribution in [0, 0.1) is 0 Å². The van der Waals surface area contributed by atoms with Crippen molar-refractivity contribution >= 4 is 21.7 Å². The molecule has 116 valence electrons. The lowest BCUT2D eigenvalue weighted by Gasteiger charge is -2.35. The van der Waals surface area contributed by atoms with Crippen LogP contribution in [0.2, 0.25) is 0 Å². The minimum Gasteiger partial charge on any atom is -0.378 e. The van der Waals surface area contributed by atoms with E-state index < -0.39 is 0 Å². The third kappa shape index (κ3) is 2.81. The molecule has 21 heavy (non-hydrogen) atoms. The van der Waals surface area contributed by atoms with Gasteiger partial charge in [0.15, 0.2) is 0 Å². The summed E-state index contributed by atoms with van der Waals surface area (Å²) in [6.45, 7) is 0.504. The maximum Gasteiger partial charge on any atom is 0.144 e. The molecular formula is C15H23BrN4O. The van der Waals surface area contributed by atoms with Gasteiger partial charge in [0.25, 0.3) is 0 Å². The first kappa shape index (κ1) is 15.2. The van der Waals surface area contributed by atoms with Crippen molar-refractivity contribution in [3.8, 4) is 0 Å². The van der Waals surface area contributed by atoms with Crippen LogP contribution in [0.3, 0.4) is 0 Å². The number of rotatable bonds is 4. The first-order valence-electron chi connectivity index (χ1n) is 7.59. The van der Waals surface area contributed by atoms with Crippen LogP contribution in [0.15, 0.2) is 4.47 Å². The summed E-state index contributed by atoms with van der Waals surface area (Å²) in [5.74, 6) is 2.30. The van der Waals surface area contributed by atoms with Gasteiger partial charge in [-0.3, -0.25) is 0 Å². The quantitative estimate of drug-likeness (QED) is 0.900. The van der Waals surface area contributed by atoms with E-state index in [4.69, 9.17) is 14.7 Å². The van der Waals surface area contributed by atoms with E-state index in [0.717, 1.165) is 21.8 Å². The van der Waals surface area contributed by atoms with Gasteiger partial charge < -0.3 is 15.0 Å². The normalized spacial score (nSPS) is 28.9. The van der Waals surface area contributed by atoms with E-state index in [2.05, 4.69) is 33.2 Å². The van der Waals surface area contributed by atoms with Crippen molar-refractivity contribution in [1.82, 2.24) is 14.9 Å². The number of hydrogen-bond acceptors (Lipinski definition) is 5. The maximum atomic E-state index is 5.27. The maximum absolute atomic E-state index is 5.27. The standard InChI is InChI=1S/C15H23BrN4O/c1-17-15-13(16)12(8-21-3)18-14(19-15)9-6-10-4-5-11(7-9)20(10)2/h9-11H,4-8H2,1-3H3,(H,17,18,19). The Hall–Kier alpha value is -0.720. The molecule has 5 nitrogen and oxygen atoms in total. The Morgan fingerprint density at radius 2 is 1.95 bits per heavy atom. The molecule has 3 heterocycles. The molecule has 2 unspecified atom stereocenters. The monoisotopic (exact) mass is 354 g/mol. The molecule has 1 aromatic rings. The van der Waals surface area contributed by atoms with E-state index >= 15 is 0 Å². The molecule has 6 heteroatoms. The average molecular weight is 355 g/mol. The molecule has 2 saturated heterocycles. The lowest BCUT2D eigenvalue weighted by atomic mass is 9.90. The van der Waals surface area contributed by atoms with Gasteiger partial charge >= 0.3 is 0 Å². The Labute approximate surface area is 134 Å². The number of piperidine rings is 1. The Balaban J connectivity index is 1.90. The lowest BCUT2D eigenvalue weighted by Crippen LogP contribution is -2.39. The van der Waals surface area contributed by atoms with Gasteiger partial charge in [-0.1, -0.05) is 0 Å². The smallest absolute Gasteiger partial charge is 0.144 e. The highest BCUT2D eigenvalue weighted by Gasteiger charge is 2.40. The molecule has 2 aliphatic heterocycles. The van der Waals surface area contributed by atoms with Gasteiger partial charge in [0.1, 0.15) is 11.6 Å². The van der Waals surface area contributed by atoms with Crippen LogP contribution in [-0.4, -0.2) is 48.2 Å². The predicted molar refractivity (Wildman–Crippen MR) is 86.5 cm³/mol. The summed E-state index contributed by atoms with van der Waals surface area (Å²) in [4.78, 5) is 12.1. The Morgan fingerprint density at radius 3 is 2.52 bits per heavy atom. The van der Waals surface area contributed by atoms with Crippen LogP contribution in [0.4, 0.5) is 5.82 Å². The van der Waals surface area contributed by atoms with E-state index in [1.54, 1.807) is 7.11 Å². The zero-order valence-electron chi connectivity index (χ0n) is 12.9. The Morgan fingerprint density at radius 1 is 1.29 bits per heavy atom. The van der Waals surface area contributed by atoms with Crippen molar-refractivity contribution in [3.05, 3.63) is 16.0 Å². The van der Waals surface area contributed by atoms with Crippen LogP contribution in [0.1, 0.15) is 43.1 Å². The van der Waals surface area contributed by atoms with Gasteiger partial charge in [-0.25, -0.2) is 9.97 Å². The molecule has 2 aliphatic rings. The number of nitrogens with zero attached hydrogens (tertiary/aromatic N) is 3. The third-order valence-corrected chi connectivity index (χ3v) is 5.75. The van der Waals surface area contributed by atoms with Crippen molar-refractivity contribution in [2.75, 3.05) is 26.5 Å². The van der Waals surface area contributed by atoms with Crippen molar-refractivity contribution in [1.29, 1.82) is 0 Å². The molecule has 0 amide bonds. The van der Waals surface area contributed by atoms with E-state index in [-0.39, 0.29) is 0 Å². The van der Waals surface area contributed by atoms with E-state index in [9.17, 15) is 0 Å². The fourth-order valence-corrected chi connectivity index (χ4v) is 4.21. The zero-order chi connectivity index (χ0) is 15.0. The van der Waals surface area contributed by atoms with Crippen molar-refractivity contribution in [2.45, 2.75) is 50.3 Å². The zero-order valence-corrected chi connectivity index (χ0v) is 14.5. The summed E-state index contributed by atoms with van der Waals surface area (Å²) in [6, 6.07) is 1.40. The minimum atomic E-state index is 0.467. The van der Waals surface area contributed by atoms with Crippen molar-refractivity contribution < 1.29 is 4.74 Å². The van der Waals surface area contributed by atoms with Gasteiger partial charge in [0, 0.05) is 32.2 Å². The van der Waals surface area contributed by atoms with Crippen LogP contribution < -0.4 is 5.32 Å². The summed E-state index contributed by atoms with van der Waals surface area (Å²) in [6.07, 6.45) is 4.98. The third-order valence-electron chi connectivity index (χ3n) is 4.92. The number of anilines is 1. The number of fused-ring (bicyclic) bond motifs is 2. The summed E-state index contributed by atoms with van der Waals surface area (Å²) in [7, 11) is 5.85. The van der Waals surface area contributed by atoms with Gasteiger partial charge in [-0.15, -0.1) is 0 Å². The fourth-order valence-electron chi connectivity index (χ4n) is 3.72. The molecular weight excluding hydrogens is 332 g/mol. The van der Waals surface area contributed by atoms with Crippen molar-refractivity contribution in [2.24, 2.45) is 0 Å². The topological polar surface area (TPSA) is 50.3 Å². The number of nitrogens with one attached hydrogen (secondary N) is 1. The first-order chi connectivity index (χ1) is 10.1. The summed E-state index contributed by atoms with van der Waals surface area (Å²) in [5.41, 5.74) is 0.929. The summed E-state index contributed by atoms with van der Waals surface area (Å²) in [5, 5.41) is 3.16. The molecule has 0 radical (unpaired) electrons. The predicted octanol–water partition coefficient (Wildman–Crippen LogP) is 2.77. The average Bonchev–Trinajstić information content (AvgIpc) is 2.71. The van der Waals surface area contributed by atoms with Crippen LogP contribution in [0.25, 0.3) is 0 Å². The molecule has 0 spiro atoms. The molecule has 2 bridgehead atoms. The highest BCUT2D eigenvalue weighted by atomic mass is 79.9. The molecule has 2 atom stereocenters. The molecule has 2 fully saturated rings. The van der Waals surface area contributed by atoms with Gasteiger partial charge in [0.05, 0.1) is 16.8 Å².